The molecule has 2 aromatic rings. The topological polar surface area (TPSA) is 73.3 Å². The number of aromatic nitrogens is 2. The minimum Gasteiger partial charge on any atom is -0.486 e. The fourth-order valence-electron chi connectivity index (χ4n) is 1.83. The lowest BCUT2D eigenvalue weighted by molar-refractivity contribution is 0.102. The van der Waals surface area contributed by atoms with E-state index in [0.717, 1.165) is 0 Å². The summed E-state index contributed by atoms with van der Waals surface area (Å²) in [5, 5.41) is 9.90. The van der Waals surface area contributed by atoms with Crippen molar-refractivity contribution in [2.75, 3.05) is 18.5 Å². The van der Waals surface area contributed by atoms with Gasteiger partial charge in [0.15, 0.2) is 21.8 Å². The average Bonchev–Trinajstić information content (AvgIpc) is 2.49. The number of benzene rings is 1. The van der Waals surface area contributed by atoms with Gasteiger partial charge in [-0.25, -0.2) is 0 Å². The van der Waals surface area contributed by atoms with E-state index in [1.807, 2.05) is 0 Å². The molecule has 1 aromatic heterocycles. The lowest BCUT2D eigenvalue weighted by Crippen LogP contribution is -2.17. The number of ether oxygens (including phenoxy) is 2. The Kier molecular flexibility index (Phi) is 3.81. The standard InChI is InChI=1S/C13H9Cl2N3O3/c14-11-6-8(12(15)18-17-11)13(19)16-7-1-2-9-10(5-7)21-4-3-20-9/h1-2,5-6H,3-4H2,(H,16,19). The third-order valence-corrected chi connectivity index (χ3v) is 3.23. The molecule has 1 aliphatic rings. The van der Waals surface area contributed by atoms with Crippen LogP contribution in [0.5, 0.6) is 11.5 Å². The van der Waals surface area contributed by atoms with Crippen LogP contribution < -0.4 is 14.8 Å². The molecule has 1 aliphatic heterocycles. The van der Waals surface area contributed by atoms with Crippen LogP contribution in [-0.2, 0) is 0 Å². The zero-order valence-corrected chi connectivity index (χ0v) is 12.1. The quantitative estimate of drug-likeness (QED) is 0.919. The van der Waals surface area contributed by atoms with E-state index in [0.29, 0.717) is 30.4 Å². The molecule has 1 amide bonds. The van der Waals surface area contributed by atoms with E-state index in [1.54, 1.807) is 18.2 Å². The molecule has 1 aromatic carbocycles. The number of amides is 1. The first-order valence-electron chi connectivity index (χ1n) is 6.03. The Balaban J connectivity index is 1.83. The van der Waals surface area contributed by atoms with Gasteiger partial charge in [-0.05, 0) is 18.2 Å². The minimum absolute atomic E-state index is 0.0190. The third-order valence-electron chi connectivity index (χ3n) is 2.76. The maximum atomic E-state index is 12.2. The van der Waals surface area contributed by atoms with E-state index >= 15 is 0 Å². The van der Waals surface area contributed by atoms with Crippen molar-refractivity contribution in [2.45, 2.75) is 0 Å². The van der Waals surface area contributed by atoms with Crippen molar-refractivity contribution >= 4 is 34.8 Å². The molecule has 21 heavy (non-hydrogen) atoms. The Labute approximate surface area is 130 Å². The zero-order valence-electron chi connectivity index (χ0n) is 10.6. The van der Waals surface area contributed by atoms with Crippen LogP contribution in [0.1, 0.15) is 10.4 Å². The number of hydrogen-bond donors (Lipinski definition) is 1. The Morgan fingerprint density at radius 3 is 2.67 bits per heavy atom. The highest BCUT2D eigenvalue weighted by atomic mass is 35.5. The summed E-state index contributed by atoms with van der Waals surface area (Å²) in [5.74, 6) is 0.787. The molecule has 8 heteroatoms. The number of rotatable bonds is 2. The summed E-state index contributed by atoms with van der Waals surface area (Å²) < 4.78 is 10.9. The fraction of sp³-hybridized carbons (Fsp3) is 0.154. The normalized spacial score (nSPS) is 12.9. The maximum absolute atomic E-state index is 12.2. The van der Waals surface area contributed by atoms with Gasteiger partial charge in [-0.1, -0.05) is 23.2 Å². The second-order valence-corrected chi connectivity index (χ2v) is 4.93. The van der Waals surface area contributed by atoms with Crippen molar-refractivity contribution in [1.29, 1.82) is 0 Å². The Hall–Kier alpha value is -2.05. The van der Waals surface area contributed by atoms with E-state index < -0.39 is 5.91 Å². The Bertz CT molecular complexity index is 709. The van der Waals surface area contributed by atoms with Gasteiger partial charge in [0.25, 0.3) is 5.91 Å². The predicted molar refractivity (Wildman–Crippen MR) is 77.4 cm³/mol. The molecular weight excluding hydrogens is 317 g/mol. The summed E-state index contributed by atoms with van der Waals surface area (Å²) in [6, 6.07) is 6.46. The van der Waals surface area contributed by atoms with Crippen LogP contribution in [-0.4, -0.2) is 29.3 Å². The van der Waals surface area contributed by atoms with Crippen molar-refractivity contribution in [2.24, 2.45) is 0 Å². The van der Waals surface area contributed by atoms with Gasteiger partial charge in [-0.15, -0.1) is 10.2 Å². The molecular formula is C13H9Cl2N3O3. The monoisotopic (exact) mass is 325 g/mol. The number of halogens is 2. The number of carbonyl (C=O) groups is 1. The highest BCUT2D eigenvalue weighted by Crippen LogP contribution is 2.32. The Morgan fingerprint density at radius 2 is 1.86 bits per heavy atom. The molecule has 0 radical (unpaired) electrons. The highest BCUT2D eigenvalue weighted by molar-refractivity contribution is 6.34. The minimum atomic E-state index is -0.437. The summed E-state index contributed by atoms with van der Waals surface area (Å²) >= 11 is 11.5. The van der Waals surface area contributed by atoms with E-state index in [9.17, 15) is 4.79 Å². The third kappa shape index (κ3) is 3.01. The molecule has 108 valence electrons. The lowest BCUT2D eigenvalue weighted by atomic mass is 10.2. The van der Waals surface area contributed by atoms with Gasteiger partial charge >= 0.3 is 0 Å². The number of nitrogens with one attached hydrogen (secondary N) is 1. The lowest BCUT2D eigenvalue weighted by Gasteiger charge is -2.19. The van der Waals surface area contributed by atoms with Gasteiger partial charge in [0, 0.05) is 11.8 Å². The maximum Gasteiger partial charge on any atom is 0.258 e. The van der Waals surface area contributed by atoms with E-state index in [4.69, 9.17) is 32.7 Å². The van der Waals surface area contributed by atoms with Gasteiger partial charge < -0.3 is 14.8 Å². The molecule has 0 fully saturated rings. The van der Waals surface area contributed by atoms with E-state index in [1.165, 1.54) is 6.07 Å². The van der Waals surface area contributed by atoms with Crippen molar-refractivity contribution in [3.63, 3.8) is 0 Å². The molecule has 0 saturated carbocycles. The van der Waals surface area contributed by atoms with Crippen molar-refractivity contribution in [1.82, 2.24) is 10.2 Å². The molecule has 0 unspecified atom stereocenters. The molecule has 0 aliphatic carbocycles. The molecule has 2 heterocycles. The molecule has 0 bridgehead atoms. The number of fused-ring (bicyclic) bond motifs is 1. The van der Waals surface area contributed by atoms with Crippen molar-refractivity contribution in [3.05, 3.63) is 40.1 Å². The number of hydrogen-bond acceptors (Lipinski definition) is 5. The first-order chi connectivity index (χ1) is 10.1. The van der Waals surface area contributed by atoms with Gasteiger partial charge in [-0.2, -0.15) is 0 Å². The van der Waals surface area contributed by atoms with Crippen LogP contribution in [0.2, 0.25) is 10.3 Å². The predicted octanol–water partition coefficient (Wildman–Crippen LogP) is 2.81. The zero-order chi connectivity index (χ0) is 14.8. The second-order valence-electron chi connectivity index (χ2n) is 4.18. The molecule has 3 rings (SSSR count). The number of anilines is 1. The van der Waals surface area contributed by atoms with Gasteiger partial charge in [0.2, 0.25) is 0 Å². The molecule has 6 nitrogen and oxygen atoms in total. The smallest absolute Gasteiger partial charge is 0.258 e. The molecule has 0 saturated heterocycles. The Morgan fingerprint density at radius 1 is 1.10 bits per heavy atom. The summed E-state index contributed by atoms with van der Waals surface area (Å²) in [5.41, 5.74) is 0.694. The highest BCUT2D eigenvalue weighted by Gasteiger charge is 2.16. The number of nitrogens with zero attached hydrogens (tertiary/aromatic N) is 2. The summed E-state index contributed by atoms with van der Waals surface area (Å²) in [6.07, 6.45) is 0. The SMILES string of the molecule is O=C(Nc1ccc2c(c1)OCCO2)c1cc(Cl)nnc1Cl. The van der Waals surface area contributed by atoms with Gasteiger partial charge in [0.1, 0.15) is 13.2 Å². The largest absolute Gasteiger partial charge is 0.486 e. The summed E-state index contributed by atoms with van der Waals surface area (Å²) in [6.45, 7) is 0.982. The number of carbonyl (C=O) groups excluding carboxylic acids is 1. The van der Waals surface area contributed by atoms with Crippen LogP contribution in [0.4, 0.5) is 5.69 Å². The van der Waals surface area contributed by atoms with Crippen LogP contribution in [0.15, 0.2) is 24.3 Å². The van der Waals surface area contributed by atoms with Gasteiger partial charge in [-0.3, -0.25) is 4.79 Å². The van der Waals surface area contributed by atoms with Crippen molar-refractivity contribution in [3.8, 4) is 11.5 Å². The van der Waals surface area contributed by atoms with Crippen LogP contribution in [0, 0.1) is 0 Å². The average molecular weight is 326 g/mol. The summed E-state index contributed by atoms with van der Waals surface area (Å²) in [7, 11) is 0. The fourth-order valence-corrected chi connectivity index (χ4v) is 2.16. The van der Waals surface area contributed by atoms with E-state index in [2.05, 4.69) is 15.5 Å². The van der Waals surface area contributed by atoms with Gasteiger partial charge in [0.05, 0.1) is 5.56 Å². The van der Waals surface area contributed by atoms with Crippen LogP contribution in [0.25, 0.3) is 0 Å². The molecule has 0 atom stereocenters. The van der Waals surface area contributed by atoms with Crippen LogP contribution >= 0.6 is 23.2 Å². The molecule has 1 N–H and O–H groups in total. The van der Waals surface area contributed by atoms with E-state index in [-0.39, 0.29) is 15.9 Å². The first kappa shape index (κ1) is 13.9. The van der Waals surface area contributed by atoms with Crippen molar-refractivity contribution < 1.29 is 14.3 Å². The first-order valence-corrected chi connectivity index (χ1v) is 6.79. The molecule has 0 spiro atoms. The second kappa shape index (κ2) is 5.75. The van der Waals surface area contributed by atoms with Crippen LogP contribution in [0.3, 0.4) is 0 Å². The summed E-state index contributed by atoms with van der Waals surface area (Å²) in [4.78, 5) is 12.2.